The van der Waals surface area contributed by atoms with Crippen LogP contribution in [-0.2, 0) is 22.6 Å². The summed E-state index contributed by atoms with van der Waals surface area (Å²) in [4.78, 5) is 26.0. The molecule has 3 heterocycles. The second kappa shape index (κ2) is 7.61. The molecule has 5 atom stereocenters. The second-order valence-electron chi connectivity index (χ2n) is 6.92. The van der Waals surface area contributed by atoms with E-state index in [1.165, 1.54) is 18.0 Å². The summed E-state index contributed by atoms with van der Waals surface area (Å²) in [6.45, 7) is -0.0393. The molecule has 2 amide bonds. The molecule has 0 radical (unpaired) electrons. The van der Waals surface area contributed by atoms with Crippen LogP contribution in [0.25, 0.3) is 0 Å². The maximum atomic E-state index is 12.4. The van der Waals surface area contributed by atoms with Crippen LogP contribution in [0.1, 0.15) is 26.4 Å². The van der Waals surface area contributed by atoms with Crippen LogP contribution in [0, 0.1) is 0 Å². The van der Waals surface area contributed by atoms with E-state index in [9.17, 15) is 24.9 Å². The van der Waals surface area contributed by atoms with Crippen molar-refractivity contribution in [2.24, 2.45) is 0 Å². The normalized spacial score (nSPS) is 29.4. The monoisotopic (exact) mass is 404 g/mol. The number of fused-ring (bicyclic) bond motifs is 1. The molecule has 0 saturated carbocycles. The van der Waals surface area contributed by atoms with E-state index >= 15 is 0 Å². The Kier molecular flexibility index (Phi) is 5.15. The molecule has 0 aliphatic carbocycles. The van der Waals surface area contributed by atoms with Crippen molar-refractivity contribution in [3.8, 4) is 0 Å². The van der Waals surface area contributed by atoms with Gasteiger partial charge in [0, 0.05) is 7.11 Å². The third-order valence-corrected chi connectivity index (χ3v) is 5.05. The summed E-state index contributed by atoms with van der Waals surface area (Å²) in [6, 6.07) is 6.58. The highest BCUT2D eigenvalue weighted by Gasteiger charge is 2.44. The predicted octanol–water partition coefficient (Wildman–Crippen LogP) is -1.47. The molecule has 2 aliphatic heterocycles. The first kappa shape index (κ1) is 19.6. The van der Waals surface area contributed by atoms with Gasteiger partial charge in [-0.2, -0.15) is 0 Å². The summed E-state index contributed by atoms with van der Waals surface area (Å²) in [5, 5.41) is 37.8. The van der Waals surface area contributed by atoms with Crippen LogP contribution in [0.4, 0.5) is 0 Å². The van der Waals surface area contributed by atoms with Crippen LogP contribution in [0.2, 0.25) is 0 Å². The average Bonchev–Trinajstić information content (AvgIpc) is 3.27. The van der Waals surface area contributed by atoms with Crippen LogP contribution < -0.4 is 0 Å². The summed E-state index contributed by atoms with van der Waals surface area (Å²) < 4.78 is 11.8. The first-order valence-corrected chi connectivity index (χ1v) is 8.97. The minimum absolute atomic E-state index is 0.0138. The van der Waals surface area contributed by atoms with Crippen molar-refractivity contribution in [3.05, 3.63) is 47.3 Å². The Morgan fingerprint density at radius 1 is 1.07 bits per heavy atom. The Labute approximate surface area is 165 Å². The standard InChI is InChI=1S/C18H20N4O7/c1-28-18-15(25)14(24)13(23)12(29-18)8-21-6-9(19-20-21)7-22-16(26)10-4-2-3-5-11(10)17(22)27/h2-6,12-15,18,23-25H,7-8H2,1H3/t12-,13+,14+,15-,18-/m1/s1. The number of carbonyl (C=O) groups is 2. The molecular weight excluding hydrogens is 384 g/mol. The van der Waals surface area contributed by atoms with E-state index in [0.717, 1.165) is 4.90 Å². The van der Waals surface area contributed by atoms with Crippen molar-refractivity contribution in [2.45, 2.75) is 43.8 Å². The molecule has 0 bridgehead atoms. The van der Waals surface area contributed by atoms with Gasteiger partial charge in [-0.15, -0.1) is 5.10 Å². The molecule has 11 heteroatoms. The first-order chi connectivity index (χ1) is 13.9. The van der Waals surface area contributed by atoms with Crippen molar-refractivity contribution < 1.29 is 34.4 Å². The van der Waals surface area contributed by atoms with Gasteiger partial charge in [0.05, 0.1) is 30.4 Å². The lowest BCUT2D eigenvalue weighted by Crippen LogP contribution is -2.58. The molecule has 1 aromatic heterocycles. The fourth-order valence-corrected chi connectivity index (χ4v) is 3.49. The number of aliphatic hydroxyl groups excluding tert-OH is 3. The van der Waals surface area contributed by atoms with Gasteiger partial charge in [0.15, 0.2) is 6.29 Å². The lowest BCUT2D eigenvalue weighted by Gasteiger charge is -2.39. The number of ether oxygens (including phenoxy) is 2. The third-order valence-electron chi connectivity index (χ3n) is 5.05. The number of rotatable bonds is 5. The van der Waals surface area contributed by atoms with E-state index in [0.29, 0.717) is 16.8 Å². The molecule has 11 nitrogen and oxygen atoms in total. The fourth-order valence-electron chi connectivity index (χ4n) is 3.49. The number of aromatic nitrogens is 3. The van der Waals surface area contributed by atoms with Gasteiger partial charge in [-0.1, -0.05) is 17.3 Å². The number of hydrogen-bond donors (Lipinski definition) is 3. The largest absolute Gasteiger partial charge is 0.388 e. The Morgan fingerprint density at radius 2 is 1.72 bits per heavy atom. The van der Waals surface area contributed by atoms with Gasteiger partial charge in [-0.25, -0.2) is 4.68 Å². The minimum Gasteiger partial charge on any atom is -0.388 e. The van der Waals surface area contributed by atoms with Crippen LogP contribution in [-0.4, -0.2) is 84.8 Å². The summed E-state index contributed by atoms with van der Waals surface area (Å²) in [5.41, 5.74) is 1.07. The van der Waals surface area contributed by atoms with Crippen molar-refractivity contribution in [3.63, 3.8) is 0 Å². The quantitative estimate of drug-likeness (QED) is 0.508. The van der Waals surface area contributed by atoms with Gasteiger partial charge in [-0.3, -0.25) is 14.5 Å². The maximum absolute atomic E-state index is 12.4. The van der Waals surface area contributed by atoms with Crippen molar-refractivity contribution in [1.82, 2.24) is 19.9 Å². The van der Waals surface area contributed by atoms with Gasteiger partial charge in [0.1, 0.15) is 30.1 Å². The number of aliphatic hydroxyl groups is 3. The number of nitrogens with zero attached hydrogens (tertiary/aromatic N) is 4. The minimum atomic E-state index is -1.44. The molecule has 29 heavy (non-hydrogen) atoms. The smallest absolute Gasteiger partial charge is 0.261 e. The molecule has 0 unspecified atom stereocenters. The molecule has 0 spiro atoms. The van der Waals surface area contributed by atoms with Crippen molar-refractivity contribution in [2.75, 3.05) is 7.11 Å². The third kappa shape index (κ3) is 3.43. The molecular formula is C18H20N4O7. The van der Waals surface area contributed by atoms with Crippen LogP contribution in [0.5, 0.6) is 0 Å². The highest BCUT2D eigenvalue weighted by atomic mass is 16.7. The summed E-state index contributed by atoms with van der Waals surface area (Å²) in [7, 11) is 1.31. The summed E-state index contributed by atoms with van der Waals surface area (Å²) in [5.74, 6) is -0.794. The lowest BCUT2D eigenvalue weighted by atomic mass is 9.99. The topological polar surface area (TPSA) is 147 Å². The molecule has 2 aliphatic rings. The molecule has 2 aromatic rings. The van der Waals surface area contributed by atoms with Crippen LogP contribution in [0.3, 0.4) is 0 Å². The summed E-state index contributed by atoms with van der Waals surface area (Å²) in [6.07, 6.45) is -4.68. The van der Waals surface area contributed by atoms with E-state index in [4.69, 9.17) is 9.47 Å². The van der Waals surface area contributed by atoms with Crippen molar-refractivity contribution in [1.29, 1.82) is 0 Å². The van der Waals surface area contributed by atoms with Gasteiger partial charge in [-0.05, 0) is 12.1 Å². The van der Waals surface area contributed by atoms with Gasteiger partial charge < -0.3 is 24.8 Å². The zero-order chi connectivity index (χ0) is 20.7. The first-order valence-electron chi connectivity index (χ1n) is 8.97. The Hall–Kier alpha value is -2.70. The molecule has 1 saturated heterocycles. The van der Waals surface area contributed by atoms with E-state index in [1.807, 2.05) is 0 Å². The van der Waals surface area contributed by atoms with Gasteiger partial charge >= 0.3 is 0 Å². The van der Waals surface area contributed by atoms with E-state index in [2.05, 4.69) is 10.3 Å². The zero-order valence-electron chi connectivity index (χ0n) is 15.5. The zero-order valence-corrected chi connectivity index (χ0v) is 15.5. The fraction of sp³-hybridized carbons (Fsp3) is 0.444. The summed E-state index contributed by atoms with van der Waals surface area (Å²) >= 11 is 0. The van der Waals surface area contributed by atoms with Gasteiger partial charge in [0.25, 0.3) is 11.8 Å². The van der Waals surface area contributed by atoms with Crippen molar-refractivity contribution >= 4 is 11.8 Å². The molecule has 1 fully saturated rings. The molecule has 3 N–H and O–H groups in total. The van der Waals surface area contributed by atoms with E-state index in [1.54, 1.807) is 24.3 Å². The van der Waals surface area contributed by atoms with E-state index in [-0.39, 0.29) is 13.1 Å². The maximum Gasteiger partial charge on any atom is 0.261 e. The number of imide groups is 1. The highest BCUT2D eigenvalue weighted by molar-refractivity contribution is 6.21. The number of carbonyl (C=O) groups excluding carboxylic acids is 2. The predicted molar refractivity (Wildman–Crippen MR) is 94.4 cm³/mol. The van der Waals surface area contributed by atoms with E-state index < -0.39 is 42.5 Å². The average molecular weight is 404 g/mol. The molecule has 4 rings (SSSR count). The number of methoxy groups -OCH3 is 1. The molecule has 154 valence electrons. The molecule has 1 aromatic carbocycles. The second-order valence-corrected chi connectivity index (χ2v) is 6.92. The Bertz CT molecular complexity index is 895. The Balaban J connectivity index is 1.44. The number of amides is 2. The lowest BCUT2D eigenvalue weighted by molar-refractivity contribution is -0.292. The highest BCUT2D eigenvalue weighted by Crippen LogP contribution is 2.25. The number of benzene rings is 1. The number of hydrogen-bond acceptors (Lipinski definition) is 9. The SMILES string of the molecule is CO[C@@H]1O[C@H](Cn2cc(CN3C(=O)c4ccccc4C3=O)nn2)[C@H](O)[C@H](O)[C@H]1O. The van der Waals surface area contributed by atoms with Gasteiger partial charge in [0.2, 0.25) is 0 Å². The Morgan fingerprint density at radius 3 is 2.34 bits per heavy atom. The van der Waals surface area contributed by atoms with Crippen LogP contribution in [0.15, 0.2) is 30.5 Å². The van der Waals surface area contributed by atoms with Crippen LogP contribution >= 0.6 is 0 Å².